The normalized spacial score (nSPS) is 13.0. The summed E-state index contributed by atoms with van der Waals surface area (Å²) in [7, 11) is 0. The molecular weight excluding hydrogens is 739 g/mol. The van der Waals surface area contributed by atoms with Crippen molar-refractivity contribution in [2.24, 2.45) is 0 Å². The van der Waals surface area contributed by atoms with E-state index >= 15 is 0 Å². The highest BCUT2D eigenvalue weighted by Gasteiger charge is 2.52. The van der Waals surface area contributed by atoms with E-state index in [9.17, 15) is 0 Å². The van der Waals surface area contributed by atoms with Gasteiger partial charge in [-0.15, -0.1) is 0 Å². The molecule has 0 N–H and O–H groups in total. The van der Waals surface area contributed by atoms with Crippen molar-refractivity contribution in [3.8, 4) is 44.5 Å². The van der Waals surface area contributed by atoms with Gasteiger partial charge in [0.1, 0.15) is 11.2 Å². The van der Waals surface area contributed by atoms with Gasteiger partial charge in [-0.2, -0.15) is 0 Å². The number of nitrogens with zero attached hydrogens (tertiary/aromatic N) is 1. The molecule has 1 aromatic heterocycles. The first-order valence-electron chi connectivity index (χ1n) is 21.1. The monoisotopic (exact) mass is 775 g/mol. The Balaban J connectivity index is 1.07. The minimum Gasteiger partial charge on any atom is -0.456 e. The van der Waals surface area contributed by atoms with E-state index in [1.807, 2.05) is 0 Å². The summed E-state index contributed by atoms with van der Waals surface area (Å²) in [5, 5.41) is 4.66. The zero-order chi connectivity index (χ0) is 40.1. The SMILES string of the molecule is c1ccc(-c2ccc(N(c3ccc4c(c3)oc3cc(-c5ccccc5)c5ccccc5c34)c3cccc4c3-c3ccccc3C43c4ccccc4-c4ccccc43)cc2)cc1. The van der Waals surface area contributed by atoms with Crippen molar-refractivity contribution >= 4 is 49.8 Å². The summed E-state index contributed by atoms with van der Waals surface area (Å²) in [4.78, 5) is 2.44. The Labute approximate surface area is 354 Å². The van der Waals surface area contributed by atoms with Gasteiger partial charge in [-0.3, -0.25) is 0 Å². The Kier molecular flexibility index (Phi) is 7.26. The van der Waals surface area contributed by atoms with Crippen LogP contribution in [0.4, 0.5) is 17.1 Å². The molecule has 2 aliphatic carbocycles. The molecule has 0 amide bonds. The highest BCUT2D eigenvalue weighted by atomic mass is 16.3. The average molecular weight is 776 g/mol. The number of anilines is 3. The molecule has 2 nitrogen and oxygen atoms in total. The first-order valence-corrected chi connectivity index (χ1v) is 21.1. The molecule has 11 aromatic rings. The van der Waals surface area contributed by atoms with Crippen molar-refractivity contribution in [1.29, 1.82) is 0 Å². The van der Waals surface area contributed by atoms with Gasteiger partial charge in [0, 0.05) is 33.8 Å². The second-order valence-electron chi connectivity index (χ2n) is 16.3. The fourth-order valence-electron chi connectivity index (χ4n) is 10.8. The van der Waals surface area contributed by atoms with E-state index in [1.165, 1.54) is 77.5 Å². The number of benzene rings is 10. The smallest absolute Gasteiger partial charge is 0.137 e. The molecule has 0 aliphatic heterocycles. The van der Waals surface area contributed by atoms with Crippen LogP contribution in [0.15, 0.2) is 229 Å². The molecule has 0 bridgehead atoms. The van der Waals surface area contributed by atoms with E-state index in [0.717, 1.165) is 39.0 Å². The first-order chi connectivity index (χ1) is 30.3. The van der Waals surface area contributed by atoms with E-state index in [1.54, 1.807) is 0 Å². The molecule has 284 valence electrons. The third-order valence-corrected chi connectivity index (χ3v) is 13.3. The Morgan fingerprint density at radius 1 is 0.328 bits per heavy atom. The summed E-state index contributed by atoms with van der Waals surface area (Å²) in [6, 6.07) is 82.0. The van der Waals surface area contributed by atoms with Crippen LogP contribution in [0.2, 0.25) is 0 Å². The maximum Gasteiger partial charge on any atom is 0.137 e. The molecule has 0 fully saturated rings. The second kappa shape index (κ2) is 13.0. The summed E-state index contributed by atoms with van der Waals surface area (Å²) in [6.07, 6.45) is 0. The lowest BCUT2D eigenvalue weighted by atomic mass is 9.70. The fourth-order valence-corrected chi connectivity index (χ4v) is 10.8. The molecule has 0 radical (unpaired) electrons. The number of fused-ring (bicyclic) bond motifs is 15. The van der Waals surface area contributed by atoms with Gasteiger partial charge < -0.3 is 9.32 Å². The third kappa shape index (κ3) is 4.79. The summed E-state index contributed by atoms with van der Waals surface area (Å²) >= 11 is 0. The quantitative estimate of drug-likeness (QED) is 0.173. The van der Waals surface area contributed by atoms with Crippen molar-refractivity contribution in [2.45, 2.75) is 5.41 Å². The lowest BCUT2D eigenvalue weighted by Gasteiger charge is -2.31. The van der Waals surface area contributed by atoms with Gasteiger partial charge in [0.25, 0.3) is 0 Å². The van der Waals surface area contributed by atoms with Crippen LogP contribution in [-0.4, -0.2) is 0 Å². The Morgan fingerprint density at radius 3 is 1.57 bits per heavy atom. The van der Waals surface area contributed by atoms with Crippen LogP contribution in [0.1, 0.15) is 22.3 Å². The van der Waals surface area contributed by atoms with Crippen molar-refractivity contribution < 1.29 is 4.42 Å². The third-order valence-electron chi connectivity index (χ3n) is 13.3. The molecule has 61 heavy (non-hydrogen) atoms. The number of hydrogen-bond donors (Lipinski definition) is 0. The lowest BCUT2D eigenvalue weighted by molar-refractivity contribution is 0.669. The molecule has 0 atom stereocenters. The van der Waals surface area contributed by atoms with E-state index in [-0.39, 0.29) is 0 Å². The molecule has 1 spiro atoms. The van der Waals surface area contributed by atoms with Crippen LogP contribution >= 0.6 is 0 Å². The summed E-state index contributed by atoms with van der Waals surface area (Å²) in [6.45, 7) is 0. The van der Waals surface area contributed by atoms with E-state index in [4.69, 9.17) is 4.42 Å². The van der Waals surface area contributed by atoms with Crippen molar-refractivity contribution in [1.82, 2.24) is 0 Å². The van der Waals surface area contributed by atoms with Crippen molar-refractivity contribution in [3.63, 3.8) is 0 Å². The zero-order valence-electron chi connectivity index (χ0n) is 33.2. The predicted octanol–water partition coefficient (Wildman–Crippen LogP) is 15.9. The van der Waals surface area contributed by atoms with E-state index in [2.05, 4.69) is 229 Å². The average Bonchev–Trinajstić information content (AvgIpc) is 3.96. The maximum atomic E-state index is 6.94. The number of hydrogen-bond acceptors (Lipinski definition) is 2. The summed E-state index contributed by atoms with van der Waals surface area (Å²) < 4.78 is 6.94. The zero-order valence-corrected chi connectivity index (χ0v) is 33.2. The highest BCUT2D eigenvalue weighted by Crippen LogP contribution is 2.64. The summed E-state index contributed by atoms with van der Waals surface area (Å²) in [5.41, 5.74) is 19.7. The molecule has 0 unspecified atom stereocenters. The molecule has 2 heteroatoms. The van der Waals surface area contributed by atoms with Crippen LogP contribution < -0.4 is 4.90 Å². The molecule has 0 saturated carbocycles. The fraction of sp³-hybridized carbons (Fsp3) is 0.0169. The van der Waals surface area contributed by atoms with Gasteiger partial charge in [0.05, 0.1) is 11.1 Å². The molecular formula is C59H37NO. The van der Waals surface area contributed by atoms with Gasteiger partial charge in [0.15, 0.2) is 0 Å². The highest BCUT2D eigenvalue weighted by molar-refractivity contribution is 6.22. The Bertz CT molecular complexity index is 3480. The van der Waals surface area contributed by atoms with Crippen LogP contribution in [0.5, 0.6) is 0 Å². The van der Waals surface area contributed by atoms with E-state index < -0.39 is 5.41 Å². The van der Waals surface area contributed by atoms with Crippen LogP contribution in [-0.2, 0) is 5.41 Å². The van der Waals surface area contributed by atoms with Gasteiger partial charge in [-0.05, 0) is 108 Å². The van der Waals surface area contributed by atoms with Crippen LogP contribution in [0.25, 0.3) is 77.2 Å². The van der Waals surface area contributed by atoms with Gasteiger partial charge in [0.2, 0.25) is 0 Å². The van der Waals surface area contributed by atoms with Gasteiger partial charge in [-0.1, -0.05) is 182 Å². The van der Waals surface area contributed by atoms with Crippen LogP contribution in [0, 0.1) is 0 Å². The largest absolute Gasteiger partial charge is 0.456 e. The molecule has 2 aliphatic rings. The standard InChI is InChI=1S/C59H37NO/c1-3-16-38(17-4-1)39-30-32-41(33-31-39)60(42-34-35-48-55(36-42)61-56-37-49(40-18-5-2-6-19-40)43-20-7-8-23-46(43)57(48)56)54-29-15-28-53-58(54)47-24-11-14-27-52(47)59(53)50-25-12-9-21-44(50)45-22-10-13-26-51(45)59/h1-37H. The van der Waals surface area contributed by atoms with Gasteiger partial charge in [-0.25, -0.2) is 0 Å². The van der Waals surface area contributed by atoms with Crippen molar-refractivity contribution in [2.75, 3.05) is 4.90 Å². The summed E-state index contributed by atoms with van der Waals surface area (Å²) in [5.74, 6) is 0. The Morgan fingerprint density at radius 2 is 0.869 bits per heavy atom. The van der Waals surface area contributed by atoms with E-state index in [0.29, 0.717) is 0 Å². The van der Waals surface area contributed by atoms with Gasteiger partial charge >= 0.3 is 0 Å². The molecule has 10 aromatic carbocycles. The lowest BCUT2D eigenvalue weighted by Crippen LogP contribution is -2.26. The van der Waals surface area contributed by atoms with Crippen molar-refractivity contribution in [3.05, 3.63) is 247 Å². The Hall–Kier alpha value is -7.94. The van der Waals surface area contributed by atoms with Crippen LogP contribution in [0.3, 0.4) is 0 Å². The molecule has 13 rings (SSSR count). The second-order valence-corrected chi connectivity index (χ2v) is 16.3. The topological polar surface area (TPSA) is 16.4 Å². The molecule has 1 heterocycles. The number of rotatable bonds is 5. The maximum absolute atomic E-state index is 6.94. The number of furan rings is 1. The first kappa shape index (κ1) is 34.0. The molecule has 0 saturated heterocycles. The minimum atomic E-state index is -0.446. The minimum absolute atomic E-state index is 0.446. The predicted molar refractivity (Wildman–Crippen MR) is 253 cm³/mol.